The summed E-state index contributed by atoms with van der Waals surface area (Å²) in [7, 11) is 0. The number of nitrogens with zero attached hydrogens (tertiary/aromatic N) is 2. The quantitative estimate of drug-likeness (QED) is 0.446. The minimum Gasteiger partial charge on any atom is -0.494 e. The number of hydrogen-bond acceptors (Lipinski definition) is 4. The molecule has 0 radical (unpaired) electrons. The van der Waals surface area contributed by atoms with Crippen molar-refractivity contribution >= 4 is 5.69 Å². The smallest absolute Gasteiger partial charge is 0.288 e. The van der Waals surface area contributed by atoms with Crippen molar-refractivity contribution in [2.24, 2.45) is 0 Å². The van der Waals surface area contributed by atoms with Gasteiger partial charge in [-0.25, -0.2) is 0 Å². The highest BCUT2D eigenvalue weighted by atomic mass is 16.6. The lowest BCUT2D eigenvalue weighted by molar-refractivity contribution is -0.385. The van der Waals surface area contributed by atoms with Crippen molar-refractivity contribution in [2.75, 3.05) is 6.61 Å². The molecule has 1 heterocycles. The average molecular weight is 316 g/mol. The predicted octanol–water partition coefficient (Wildman–Crippen LogP) is 3.23. The van der Waals surface area contributed by atoms with Crippen molar-refractivity contribution in [3.8, 4) is 5.75 Å². The molecule has 0 spiro atoms. The molecule has 0 fully saturated rings. The maximum Gasteiger partial charge on any atom is 0.288 e. The summed E-state index contributed by atoms with van der Waals surface area (Å²) < 4.78 is 7.03. The van der Waals surface area contributed by atoms with Gasteiger partial charge in [0.15, 0.2) is 0 Å². The van der Waals surface area contributed by atoms with Gasteiger partial charge in [-0.1, -0.05) is 12.1 Å². The number of pyridine rings is 1. The lowest BCUT2D eigenvalue weighted by atomic mass is 10.2. The van der Waals surface area contributed by atoms with Crippen LogP contribution in [0.5, 0.6) is 5.75 Å². The summed E-state index contributed by atoms with van der Waals surface area (Å²) in [6, 6.07) is 9.12. The molecule has 122 valence electrons. The Morgan fingerprint density at radius 3 is 2.70 bits per heavy atom. The Morgan fingerprint density at radius 1 is 1.22 bits per heavy atom. The lowest BCUT2D eigenvalue weighted by Crippen LogP contribution is -2.20. The summed E-state index contributed by atoms with van der Waals surface area (Å²) in [5.41, 5.74) is 1.29. The third-order valence-corrected chi connectivity index (χ3v) is 3.55. The van der Waals surface area contributed by atoms with Crippen LogP contribution in [0, 0.1) is 24.0 Å². The molecule has 0 saturated carbocycles. The van der Waals surface area contributed by atoms with Gasteiger partial charge >= 0.3 is 0 Å². The zero-order valence-corrected chi connectivity index (χ0v) is 13.3. The molecule has 6 heteroatoms. The van der Waals surface area contributed by atoms with Crippen molar-refractivity contribution < 1.29 is 9.66 Å². The molecule has 1 aromatic heterocycles. The van der Waals surface area contributed by atoms with E-state index < -0.39 is 4.92 Å². The van der Waals surface area contributed by atoms with E-state index in [2.05, 4.69) is 0 Å². The zero-order valence-electron chi connectivity index (χ0n) is 13.3. The fourth-order valence-corrected chi connectivity index (χ4v) is 2.30. The van der Waals surface area contributed by atoms with E-state index in [1.807, 2.05) is 31.2 Å². The highest BCUT2D eigenvalue weighted by molar-refractivity contribution is 5.35. The molecule has 2 aromatic rings. The minimum atomic E-state index is -0.466. The molecule has 0 saturated heterocycles. The SMILES string of the molecule is Cc1cccc(OCCCCn2cc([N+](=O)[O-])c(C)cc2=O)c1. The van der Waals surface area contributed by atoms with E-state index in [1.165, 1.54) is 16.8 Å². The molecule has 0 aliphatic carbocycles. The van der Waals surface area contributed by atoms with Gasteiger partial charge in [0.25, 0.3) is 11.2 Å². The van der Waals surface area contributed by atoms with Crippen molar-refractivity contribution in [3.63, 3.8) is 0 Å². The first kappa shape index (κ1) is 16.7. The second-order valence-electron chi connectivity index (χ2n) is 5.50. The van der Waals surface area contributed by atoms with Crippen LogP contribution < -0.4 is 10.3 Å². The molecule has 0 amide bonds. The van der Waals surface area contributed by atoms with E-state index in [1.54, 1.807) is 6.92 Å². The molecule has 0 aliphatic heterocycles. The van der Waals surface area contributed by atoms with Gasteiger partial charge in [-0.3, -0.25) is 14.9 Å². The van der Waals surface area contributed by atoms with E-state index in [0.717, 1.165) is 17.7 Å². The van der Waals surface area contributed by atoms with Crippen LogP contribution in [0.4, 0.5) is 5.69 Å². The fraction of sp³-hybridized carbons (Fsp3) is 0.353. The average Bonchev–Trinajstić information content (AvgIpc) is 2.48. The van der Waals surface area contributed by atoms with Crippen LogP contribution in [-0.2, 0) is 6.54 Å². The van der Waals surface area contributed by atoms with Crippen molar-refractivity contribution in [3.05, 3.63) is 68.1 Å². The molecule has 23 heavy (non-hydrogen) atoms. The largest absolute Gasteiger partial charge is 0.494 e. The Bertz CT molecular complexity index is 752. The van der Waals surface area contributed by atoms with Crippen LogP contribution in [0.15, 0.2) is 41.3 Å². The van der Waals surface area contributed by atoms with Gasteiger partial charge in [0.1, 0.15) is 5.75 Å². The van der Waals surface area contributed by atoms with E-state index in [0.29, 0.717) is 25.1 Å². The van der Waals surface area contributed by atoms with Gasteiger partial charge in [0.05, 0.1) is 17.7 Å². The Hall–Kier alpha value is -2.63. The Kier molecular flexibility index (Phi) is 5.51. The fourth-order valence-electron chi connectivity index (χ4n) is 2.30. The van der Waals surface area contributed by atoms with E-state index in [4.69, 9.17) is 4.74 Å². The van der Waals surface area contributed by atoms with E-state index >= 15 is 0 Å². The highest BCUT2D eigenvalue weighted by Crippen LogP contribution is 2.15. The number of benzene rings is 1. The highest BCUT2D eigenvalue weighted by Gasteiger charge is 2.12. The maximum absolute atomic E-state index is 11.8. The summed E-state index contributed by atoms with van der Waals surface area (Å²) in [5, 5.41) is 10.9. The van der Waals surface area contributed by atoms with E-state index in [-0.39, 0.29) is 11.2 Å². The lowest BCUT2D eigenvalue weighted by Gasteiger charge is -2.08. The number of aryl methyl sites for hydroxylation is 3. The van der Waals surface area contributed by atoms with Gasteiger partial charge in [0.2, 0.25) is 0 Å². The minimum absolute atomic E-state index is 0.0272. The van der Waals surface area contributed by atoms with E-state index in [9.17, 15) is 14.9 Å². The number of hydrogen-bond donors (Lipinski definition) is 0. The summed E-state index contributed by atoms with van der Waals surface area (Å²) in [6.45, 7) is 4.56. The standard InChI is InChI=1S/C17H20N2O4/c1-13-6-5-7-15(10-13)23-9-4-3-8-18-12-16(19(21)22)14(2)11-17(18)20/h5-7,10-12H,3-4,8-9H2,1-2H3. The van der Waals surface area contributed by atoms with Crippen LogP contribution >= 0.6 is 0 Å². The third-order valence-electron chi connectivity index (χ3n) is 3.55. The first-order valence-corrected chi connectivity index (χ1v) is 7.52. The number of ether oxygens (including phenoxy) is 1. The second-order valence-corrected chi connectivity index (χ2v) is 5.50. The van der Waals surface area contributed by atoms with Crippen LogP contribution in [-0.4, -0.2) is 16.1 Å². The summed E-state index contributed by atoms with van der Waals surface area (Å²) in [5.74, 6) is 0.827. The molecular formula is C17H20N2O4. The zero-order chi connectivity index (χ0) is 16.8. The number of rotatable bonds is 7. The molecule has 0 unspecified atom stereocenters. The number of unbranched alkanes of at least 4 members (excludes halogenated alkanes) is 1. The predicted molar refractivity (Wildman–Crippen MR) is 88.0 cm³/mol. The molecule has 0 aliphatic rings. The van der Waals surface area contributed by atoms with Gasteiger partial charge in [-0.2, -0.15) is 0 Å². The van der Waals surface area contributed by atoms with Crippen LogP contribution in [0.1, 0.15) is 24.0 Å². The maximum atomic E-state index is 11.8. The van der Waals surface area contributed by atoms with Crippen LogP contribution in [0.3, 0.4) is 0 Å². The Morgan fingerprint density at radius 2 is 2.00 bits per heavy atom. The van der Waals surface area contributed by atoms with Gasteiger partial charge in [0, 0.05) is 18.2 Å². The Balaban J connectivity index is 1.86. The molecule has 0 atom stereocenters. The summed E-state index contributed by atoms with van der Waals surface area (Å²) in [6.07, 6.45) is 2.80. The van der Waals surface area contributed by atoms with Gasteiger partial charge in [-0.05, 0) is 44.4 Å². The monoisotopic (exact) mass is 316 g/mol. The molecule has 6 nitrogen and oxygen atoms in total. The van der Waals surface area contributed by atoms with Crippen LogP contribution in [0.2, 0.25) is 0 Å². The molecule has 1 aromatic carbocycles. The first-order chi connectivity index (χ1) is 11.0. The molecule has 0 bridgehead atoms. The van der Waals surface area contributed by atoms with Crippen molar-refractivity contribution in [1.29, 1.82) is 0 Å². The van der Waals surface area contributed by atoms with Crippen LogP contribution in [0.25, 0.3) is 0 Å². The topological polar surface area (TPSA) is 74.4 Å². The summed E-state index contributed by atoms with van der Waals surface area (Å²) >= 11 is 0. The summed E-state index contributed by atoms with van der Waals surface area (Å²) in [4.78, 5) is 22.3. The molecule has 0 N–H and O–H groups in total. The third kappa shape index (κ3) is 4.67. The number of nitro groups is 1. The Labute approximate surface area is 134 Å². The first-order valence-electron chi connectivity index (χ1n) is 7.52. The van der Waals surface area contributed by atoms with Crippen molar-refractivity contribution in [1.82, 2.24) is 4.57 Å². The molecule has 2 rings (SSSR count). The number of aromatic nitrogens is 1. The van der Waals surface area contributed by atoms with Crippen molar-refractivity contribution in [2.45, 2.75) is 33.2 Å². The normalized spacial score (nSPS) is 10.5. The van der Waals surface area contributed by atoms with Gasteiger partial charge in [-0.15, -0.1) is 0 Å². The van der Waals surface area contributed by atoms with Gasteiger partial charge < -0.3 is 9.30 Å². The second kappa shape index (κ2) is 7.58. The molecular weight excluding hydrogens is 296 g/mol.